The van der Waals surface area contributed by atoms with Crippen molar-refractivity contribution in [1.82, 2.24) is 15.2 Å². The van der Waals surface area contributed by atoms with Crippen LogP contribution in [0.2, 0.25) is 5.02 Å². The summed E-state index contributed by atoms with van der Waals surface area (Å²) in [4.78, 5) is 4.54. The van der Waals surface area contributed by atoms with E-state index in [1.165, 1.54) is 11.1 Å². The minimum absolute atomic E-state index is 0.754. The van der Waals surface area contributed by atoms with Gasteiger partial charge in [0.25, 0.3) is 0 Å². The van der Waals surface area contributed by atoms with E-state index in [0.29, 0.717) is 0 Å². The van der Waals surface area contributed by atoms with Crippen molar-refractivity contribution in [2.45, 2.75) is 24.3 Å². The van der Waals surface area contributed by atoms with E-state index in [2.05, 4.69) is 46.4 Å². The molecule has 0 saturated heterocycles. The molecule has 0 fully saturated rings. The van der Waals surface area contributed by atoms with E-state index in [1.807, 2.05) is 24.3 Å². The fraction of sp³-hybridized carbons (Fsp3) is 0.176. The van der Waals surface area contributed by atoms with Gasteiger partial charge in [0.2, 0.25) is 5.16 Å². The maximum absolute atomic E-state index is 5.89. The number of H-pyrrole nitrogens is 1. The maximum atomic E-state index is 5.89. The number of thioether (sulfide) groups is 1. The van der Waals surface area contributed by atoms with E-state index in [9.17, 15) is 0 Å². The second-order valence-corrected chi connectivity index (χ2v) is 6.31. The molecule has 0 amide bonds. The average molecular weight is 330 g/mol. The Morgan fingerprint density at radius 2 is 1.68 bits per heavy atom. The van der Waals surface area contributed by atoms with Crippen molar-refractivity contribution in [1.29, 1.82) is 0 Å². The zero-order valence-corrected chi connectivity index (χ0v) is 13.8. The van der Waals surface area contributed by atoms with Gasteiger partial charge in [-0.2, -0.15) is 0 Å². The molecule has 1 N–H and O–H groups in total. The molecule has 5 heteroatoms. The second kappa shape index (κ2) is 6.99. The first-order valence-electron chi connectivity index (χ1n) is 7.13. The fourth-order valence-electron chi connectivity index (χ4n) is 2.07. The van der Waals surface area contributed by atoms with E-state index < -0.39 is 0 Å². The highest BCUT2D eigenvalue weighted by Crippen LogP contribution is 2.23. The molecule has 3 aromatic rings. The van der Waals surface area contributed by atoms with E-state index >= 15 is 0 Å². The Hall–Kier alpha value is -1.78. The summed E-state index contributed by atoms with van der Waals surface area (Å²) >= 11 is 7.49. The normalized spacial score (nSPS) is 10.8. The lowest BCUT2D eigenvalue weighted by Gasteiger charge is -1.99. The average Bonchev–Trinajstić information content (AvgIpc) is 3.03. The summed E-state index contributed by atoms with van der Waals surface area (Å²) in [6.07, 6.45) is 1.04. The predicted octanol–water partition coefficient (Wildman–Crippen LogP) is 4.98. The van der Waals surface area contributed by atoms with Crippen LogP contribution in [-0.4, -0.2) is 15.2 Å². The number of nitrogens with zero attached hydrogens (tertiary/aromatic N) is 2. The number of benzene rings is 2. The van der Waals surface area contributed by atoms with Crippen molar-refractivity contribution in [3.05, 3.63) is 64.7 Å². The zero-order chi connectivity index (χ0) is 15.4. The first-order valence-corrected chi connectivity index (χ1v) is 8.50. The molecule has 0 unspecified atom stereocenters. The smallest absolute Gasteiger partial charge is 0.209 e. The quantitative estimate of drug-likeness (QED) is 0.671. The monoisotopic (exact) mass is 329 g/mol. The molecule has 0 aliphatic carbocycles. The van der Waals surface area contributed by atoms with E-state index in [0.717, 1.165) is 33.7 Å². The minimum Gasteiger partial charge on any atom is -0.258 e. The van der Waals surface area contributed by atoms with Gasteiger partial charge < -0.3 is 0 Å². The highest BCUT2D eigenvalue weighted by atomic mass is 35.5. The lowest BCUT2D eigenvalue weighted by molar-refractivity contribution is 0.973. The summed E-state index contributed by atoms with van der Waals surface area (Å²) < 4.78 is 0. The van der Waals surface area contributed by atoms with Crippen molar-refractivity contribution in [2.24, 2.45) is 0 Å². The van der Waals surface area contributed by atoms with Gasteiger partial charge in [-0.05, 0) is 29.7 Å². The first-order chi connectivity index (χ1) is 10.7. The summed E-state index contributed by atoms with van der Waals surface area (Å²) in [6.45, 7) is 2.15. The molecule has 0 aliphatic rings. The van der Waals surface area contributed by atoms with Crippen LogP contribution in [0.25, 0.3) is 11.4 Å². The van der Waals surface area contributed by atoms with E-state index in [1.54, 1.807) is 11.8 Å². The number of hydrogen-bond donors (Lipinski definition) is 1. The molecule has 0 atom stereocenters. The second-order valence-electron chi connectivity index (χ2n) is 4.93. The maximum Gasteiger partial charge on any atom is 0.209 e. The topological polar surface area (TPSA) is 41.6 Å². The molecule has 1 heterocycles. The van der Waals surface area contributed by atoms with Crippen molar-refractivity contribution in [3.8, 4) is 11.4 Å². The van der Waals surface area contributed by atoms with Crippen LogP contribution in [0.15, 0.2) is 53.7 Å². The first kappa shape index (κ1) is 15.1. The van der Waals surface area contributed by atoms with Gasteiger partial charge in [-0.3, -0.25) is 5.10 Å². The van der Waals surface area contributed by atoms with Crippen LogP contribution in [-0.2, 0) is 12.2 Å². The number of halogens is 1. The van der Waals surface area contributed by atoms with Gasteiger partial charge >= 0.3 is 0 Å². The van der Waals surface area contributed by atoms with Crippen LogP contribution in [0.5, 0.6) is 0 Å². The summed E-state index contributed by atoms with van der Waals surface area (Å²) in [5.41, 5.74) is 3.58. The van der Waals surface area contributed by atoms with Gasteiger partial charge in [-0.15, -0.1) is 5.10 Å². The molecule has 0 aliphatic heterocycles. The van der Waals surface area contributed by atoms with Gasteiger partial charge in [0.05, 0.1) is 0 Å². The van der Waals surface area contributed by atoms with Crippen LogP contribution in [0, 0.1) is 0 Å². The predicted molar refractivity (Wildman–Crippen MR) is 92.2 cm³/mol. The van der Waals surface area contributed by atoms with E-state index in [-0.39, 0.29) is 0 Å². The Morgan fingerprint density at radius 1 is 1.00 bits per heavy atom. The van der Waals surface area contributed by atoms with Crippen LogP contribution in [0.4, 0.5) is 0 Å². The molecular weight excluding hydrogens is 314 g/mol. The lowest BCUT2D eigenvalue weighted by Crippen LogP contribution is -1.83. The summed E-state index contributed by atoms with van der Waals surface area (Å²) in [5, 5.41) is 8.78. The Morgan fingerprint density at radius 3 is 2.36 bits per heavy atom. The van der Waals surface area contributed by atoms with E-state index in [4.69, 9.17) is 11.6 Å². The molecule has 2 aromatic carbocycles. The summed E-state index contributed by atoms with van der Waals surface area (Å²) in [5.74, 6) is 1.63. The standard InChI is InChI=1S/C17H16ClN3S/c1-2-12-3-7-14(8-4-12)16-19-17(21-20-16)22-11-13-5-9-15(18)10-6-13/h3-10H,2,11H2,1H3,(H,19,20,21). The Labute approximate surface area is 139 Å². The molecule has 3 rings (SSSR count). The number of aromatic nitrogens is 3. The van der Waals surface area contributed by atoms with Crippen molar-refractivity contribution in [2.75, 3.05) is 0 Å². The number of aryl methyl sites for hydroxylation is 1. The summed E-state index contributed by atoms with van der Waals surface area (Å²) in [6, 6.07) is 16.2. The van der Waals surface area contributed by atoms with Gasteiger partial charge in [-0.1, -0.05) is 66.7 Å². The van der Waals surface area contributed by atoms with Crippen LogP contribution < -0.4 is 0 Å². The summed E-state index contributed by atoms with van der Waals surface area (Å²) in [7, 11) is 0. The molecule has 0 spiro atoms. The molecule has 22 heavy (non-hydrogen) atoms. The highest BCUT2D eigenvalue weighted by Gasteiger charge is 2.06. The van der Waals surface area contributed by atoms with Crippen LogP contribution >= 0.6 is 23.4 Å². The van der Waals surface area contributed by atoms with Crippen molar-refractivity contribution in [3.63, 3.8) is 0 Å². The Bertz CT molecular complexity index is 735. The number of hydrogen-bond acceptors (Lipinski definition) is 3. The third-order valence-electron chi connectivity index (χ3n) is 3.38. The molecule has 1 aromatic heterocycles. The third kappa shape index (κ3) is 3.70. The fourth-order valence-corrected chi connectivity index (χ4v) is 2.95. The van der Waals surface area contributed by atoms with Crippen LogP contribution in [0.1, 0.15) is 18.1 Å². The zero-order valence-electron chi connectivity index (χ0n) is 12.2. The number of nitrogens with one attached hydrogen (secondary N) is 1. The molecule has 0 saturated carbocycles. The Kier molecular flexibility index (Phi) is 4.80. The molecule has 0 radical (unpaired) electrons. The van der Waals surface area contributed by atoms with Crippen LogP contribution in [0.3, 0.4) is 0 Å². The van der Waals surface area contributed by atoms with Gasteiger partial charge in [0.1, 0.15) is 0 Å². The van der Waals surface area contributed by atoms with Crippen molar-refractivity contribution >= 4 is 23.4 Å². The number of rotatable bonds is 5. The molecular formula is C17H16ClN3S. The van der Waals surface area contributed by atoms with Gasteiger partial charge in [-0.25, -0.2) is 4.98 Å². The molecule has 112 valence electrons. The minimum atomic E-state index is 0.754. The van der Waals surface area contributed by atoms with Gasteiger partial charge in [0, 0.05) is 16.3 Å². The SMILES string of the molecule is CCc1ccc(-c2nc(SCc3ccc(Cl)cc3)n[nH]2)cc1. The van der Waals surface area contributed by atoms with Gasteiger partial charge in [0.15, 0.2) is 5.82 Å². The van der Waals surface area contributed by atoms with Crippen molar-refractivity contribution < 1.29 is 0 Å². The third-order valence-corrected chi connectivity index (χ3v) is 4.55. The lowest BCUT2D eigenvalue weighted by atomic mass is 10.1. The molecule has 3 nitrogen and oxygen atoms in total. The molecule has 0 bridgehead atoms. The largest absolute Gasteiger partial charge is 0.258 e. The number of aromatic amines is 1. The Balaban J connectivity index is 1.66. The highest BCUT2D eigenvalue weighted by molar-refractivity contribution is 7.98.